The number of carbonyl (C=O) groups is 1. The Bertz CT molecular complexity index is 238. The first-order valence-corrected chi connectivity index (χ1v) is 6.50. The van der Waals surface area contributed by atoms with Crippen LogP contribution in [0.25, 0.3) is 0 Å². The highest BCUT2D eigenvalue weighted by Gasteiger charge is 2.26. The van der Waals surface area contributed by atoms with Gasteiger partial charge in [0.15, 0.2) is 0 Å². The molecule has 4 heteroatoms. The summed E-state index contributed by atoms with van der Waals surface area (Å²) < 4.78 is 0. The van der Waals surface area contributed by atoms with Crippen LogP contribution < -0.4 is 5.32 Å². The molecule has 0 aliphatic carbocycles. The summed E-state index contributed by atoms with van der Waals surface area (Å²) in [4.78, 5) is 16.1. The van der Waals surface area contributed by atoms with Gasteiger partial charge in [0.25, 0.3) is 0 Å². The van der Waals surface area contributed by atoms with Crippen LogP contribution in [-0.2, 0) is 4.79 Å². The first-order valence-electron chi connectivity index (χ1n) is 6.50. The first-order chi connectivity index (χ1) is 7.79. The van der Waals surface area contributed by atoms with E-state index in [1.165, 1.54) is 13.0 Å². The zero-order valence-corrected chi connectivity index (χ0v) is 10.2. The number of likely N-dealkylation sites (tertiary alicyclic amines) is 1. The highest BCUT2D eigenvalue weighted by molar-refractivity contribution is 5.76. The fourth-order valence-electron chi connectivity index (χ4n) is 2.69. The van der Waals surface area contributed by atoms with E-state index in [0.29, 0.717) is 18.2 Å². The molecule has 0 spiro atoms. The standard InChI is InChI=1S/C12H23N3O/c1-2-12(16)15-6-3-11(10-15)9-14-7-4-13-5-8-14/h11,13H,2-10H2,1H3. The Morgan fingerprint density at radius 3 is 2.75 bits per heavy atom. The monoisotopic (exact) mass is 225 g/mol. The molecule has 2 aliphatic heterocycles. The Kier molecular flexibility index (Phi) is 4.18. The molecule has 2 aliphatic rings. The van der Waals surface area contributed by atoms with Crippen molar-refractivity contribution in [2.24, 2.45) is 5.92 Å². The molecule has 1 amide bonds. The van der Waals surface area contributed by atoms with Gasteiger partial charge in [-0.15, -0.1) is 0 Å². The highest BCUT2D eigenvalue weighted by Crippen LogP contribution is 2.18. The number of nitrogens with zero attached hydrogens (tertiary/aromatic N) is 2. The summed E-state index contributed by atoms with van der Waals surface area (Å²) >= 11 is 0. The van der Waals surface area contributed by atoms with Crippen LogP contribution in [0, 0.1) is 5.92 Å². The molecule has 2 fully saturated rings. The maximum atomic E-state index is 11.6. The molecule has 1 N–H and O–H groups in total. The van der Waals surface area contributed by atoms with E-state index in [9.17, 15) is 4.79 Å². The lowest BCUT2D eigenvalue weighted by molar-refractivity contribution is -0.129. The highest BCUT2D eigenvalue weighted by atomic mass is 16.2. The molecular weight excluding hydrogens is 202 g/mol. The largest absolute Gasteiger partial charge is 0.342 e. The third-order valence-electron chi connectivity index (χ3n) is 3.67. The van der Waals surface area contributed by atoms with Crippen molar-refractivity contribution >= 4 is 5.91 Å². The van der Waals surface area contributed by atoms with Crippen molar-refractivity contribution in [1.29, 1.82) is 0 Å². The summed E-state index contributed by atoms with van der Waals surface area (Å²) in [5, 5.41) is 3.37. The number of hydrogen-bond donors (Lipinski definition) is 1. The SMILES string of the molecule is CCC(=O)N1CCC(CN2CCNCC2)C1. The average molecular weight is 225 g/mol. The number of amides is 1. The Hall–Kier alpha value is -0.610. The van der Waals surface area contributed by atoms with Gasteiger partial charge in [-0.1, -0.05) is 6.92 Å². The molecule has 2 saturated heterocycles. The lowest BCUT2D eigenvalue weighted by Crippen LogP contribution is -2.45. The molecule has 2 heterocycles. The van der Waals surface area contributed by atoms with Crippen LogP contribution >= 0.6 is 0 Å². The number of carbonyl (C=O) groups excluding carboxylic acids is 1. The summed E-state index contributed by atoms with van der Waals surface area (Å²) in [6.07, 6.45) is 1.84. The minimum absolute atomic E-state index is 0.322. The predicted molar refractivity (Wildman–Crippen MR) is 64.3 cm³/mol. The van der Waals surface area contributed by atoms with Gasteiger partial charge in [0, 0.05) is 52.2 Å². The lowest BCUT2D eigenvalue weighted by Gasteiger charge is -2.29. The zero-order valence-electron chi connectivity index (χ0n) is 10.2. The van der Waals surface area contributed by atoms with Gasteiger partial charge < -0.3 is 15.1 Å². The third-order valence-corrected chi connectivity index (χ3v) is 3.67. The van der Waals surface area contributed by atoms with Crippen LogP contribution in [0.2, 0.25) is 0 Å². The zero-order chi connectivity index (χ0) is 11.4. The summed E-state index contributed by atoms with van der Waals surface area (Å²) in [5.74, 6) is 1.02. The Labute approximate surface area is 98.0 Å². The van der Waals surface area contributed by atoms with Gasteiger partial charge >= 0.3 is 0 Å². The second kappa shape index (κ2) is 5.64. The average Bonchev–Trinajstić information content (AvgIpc) is 2.78. The van der Waals surface area contributed by atoms with Crippen LogP contribution in [0.15, 0.2) is 0 Å². The van der Waals surface area contributed by atoms with Crippen molar-refractivity contribution < 1.29 is 4.79 Å². The second-order valence-electron chi connectivity index (χ2n) is 4.90. The lowest BCUT2D eigenvalue weighted by atomic mass is 10.1. The van der Waals surface area contributed by atoms with E-state index in [-0.39, 0.29) is 0 Å². The minimum atomic E-state index is 0.322. The molecule has 0 saturated carbocycles. The van der Waals surface area contributed by atoms with Gasteiger partial charge in [-0.2, -0.15) is 0 Å². The van der Waals surface area contributed by atoms with Crippen molar-refractivity contribution in [3.05, 3.63) is 0 Å². The quantitative estimate of drug-likeness (QED) is 0.743. The van der Waals surface area contributed by atoms with Gasteiger partial charge in [0.2, 0.25) is 5.91 Å². The molecule has 0 bridgehead atoms. The van der Waals surface area contributed by atoms with Crippen molar-refractivity contribution in [2.75, 3.05) is 45.8 Å². The molecule has 92 valence electrons. The normalized spacial score (nSPS) is 27.3. The molecule has 0 radical (unpaired) electrons. The van der Waals surface area contributed by atoms with Crippen LogP contribution in [0.4, 0.5) is 0 Å². The van der Waals surface area contributed by atoms with E-state index in [2.05, 4.69) is 10.2 Å². The molecule has 1 unspecified atom stereocenters. The van der Waals surface area contributed by atoms with Crippen molar-refractivity contribution in [2.45, 2.75) is 19.8 Å². The third kappa shape index (κ3) is 2.95. The number of hydrogen-bond acceptors (Lipinski definition) is 3. The van der Waals surface area contributed by atoms with E-state index in [1.54, 1.807) is 0 Å². The Morgan fingerprint density at radius 1 is 1.31 bits per heavy atom. The van der Waals surface area contributed by atoms with Gasteiger partial charge in [-0.05, 0) is 12.3 Å². The number of nitrogens with one attached hydrogen (secondary N) is 1. The van der Waals surface area contributed by atoms with Gasteiger partial charge in [0.1, 0.15) is 0 Å². The first kappa shape index (κ1) is 11.9. The molecule has 16 heavy (non-hydrogen) atoms. The predicted octanol–water partition coefficient (Wildman–Crippen LogP) is 0.150. The van der Waals surface area contributed by atoms with Crippen molar-refractivity contribution in [3.63, 3.8) is 0 Å². The number of rotatable bonds is 3. The maximum absolute atomic E-state index is 11.6. The van der Waals surface area contributed by atoms with E-state index < -0.39 is 0 Å². The smallest absolute Gasteiger partial charge is 0.222 e. The van der Waals surface area contributed by atoms with Gasteiger partial charge in [-0.25, -0.2) is 0 Å². The fourth-order valence-corrected chi connectivity index (χ4v) is 2.69. The van der Waals surface area contributed by atoms with Gasteiger partial charge in [-0.3, -0.25) is 4.79 Å². The fraction of sp³-hybridized carbons (Fsp3) is 0.917. The van der Waals surface area contributed by atoms with Crippen LogP contribution in [0.5, 0.6) is 0 Å². The van der Waals surface area contributed by atoms with Crippen molar-refractivity contribution in [3.8, 4) is 0 Å². The molecule has 0 aromatic heterocycles. The van der Waals surface area contributed by atoms with E-state index in [0.717, 1.165) is 39.3 Å². The Balaban J connectivity index is 1.73. The van der Waals surface area contributed by atoms with Gasteiger partial charge in [0.05, 0.1) is 0 Å². The summed E-state index contributed by atoms with van der Waals surface area (Å²) in [7, 11) is 0. The molecule has 0 aromatic rings. The summed E-state index contributed by atoms with van der Waals surface area (Å²) in [5.41, 5.74) is 0. The number of piperazine rings is 1. The topological polar surface area (TPSA) is 35.6 Å². The molecule has 4 nitrogen and oxygen atoms in total. The maximum Gasteiger partial charge on any atom is 0.222 e. The van der Waals surface area contributed by atoms with Crippen molar-refractivity contribution in [1.82, 2.24) is 15.1 Å². The Morgan fingerprint density at radius 2 is 2.06 bits per heavy atom. The summed E-state index contributed by atoms with van der Waals surface area (Å²) in [6.45, 7) is 9.65. The van der Waals surface area contributed by atoms with Crippen LogP contribution in [0.3, 0.4) is 0 Å². The molecule has 1 atom stereocenters. The van der Waals surface area contributed by atoms with E-state index in [1.807, 2.05) is 11.8 Å². The second-order valence-corrected chi connectivity index (χ2v) is 4.90. The molecular formula is C12H23N3O. The molecule has 0 aromatic carbocycles. The van der Waals surface area contributed by atoms with Crippen LogP contribution in [-0.4, -0.2) is 61.5 Å². The van der Waals surface area contributed by atoms with E-state index >= 15 is 0 Å². The van der Waals surface area contributed by atoms with E-state index in [4.69, 9.17) is 0 Å². The van der Waals surface area contributed by atoms with Crippen LogP contribution in [0.1, 0.15) is 19.8 Å². The summed E-state index contributed by atoms with van der Waals surface area (Å²) in [6, 6.07) is 0. The molecule has 2 rings (SSSR count). The minimum Gasteiger partial charge on any atom is -0.342 e.